The van der Waals surface area contributed by atoms with E-state index in [1.807, 2.05) is 0 Å². The molecule has 0 aliphatic carbocycles. The molecule has 0 amide bonds. The van der Waals surface area contributed by atoms with E-state index in [0.717, 1.165) is 19.3 Å². The zero-order chi connectivity index (χ0) is 10.6. The monoisotopic (exact) mass is 278 g/mol. The molecule has 1 unspecified atom stereocenters. The predicted molar refractivity (Wildman–Crippen MR) is 62.6 cm³/mol. The second-order valence-corrected chi connectivity index (χ2v) is 4.77. The molecule has 1 aromatic rings. The molecule has 0 radical (unpaired) electrons. The minimum absolute atomic E-state index is 0.0705. The zero-order valence-electron chi connectivity index (χ0n) is 8.06. The first kappa shape index (κ1) is 12.0. The van der Waals surface area contributed by atoms with E-state index >= 15 is 0 Å². The summed E-state index contributed by atoms with van der Waals surface area (Å²) in [5.41, 5.74) is 0.658. The largest absolute Gasteiger partial charge is 0.205 e. The molecule has 0 N–H and O–H groups in total. The molecule has 0 bridgehead atoms. The van der Waals surface area contributed by atoms with Gasteiger partial charge in [-0.3, -0.25) is 0 Å². The first-order chi connectivity index (χ1) is 6.66. The molecule has 0 aliphatic heterocycles. The van der Waals surface area contributed by atoms with Gasteiger partial charge >= 0.3 is 0 Å². The van der Waals surface area contributed by atoms with Crippen molar-refractivity contribution in [3.05, 3.63) is 34.6 Å². The lowest BCUT2D eigenvalue weighted by Gasteiger charge is -2.10. The van der Waals surface area contributed by atoms with Crippen LogP contribution in [0.4, 0.5) is 4.39 Å². The van der Waals surface area contributed by atoms with E-state index in [1.165, 1.54) is 0 Å². The van der Waals surface area contributed by atoms with E-state index in [4.69, 9.17) is 11.6 Å². The molecule has 1 atom stereocenters. The molecule has 14 heavy (non-hydrogen) atoms. The number of alkyl halides is 1. The van der Waals surface area contributed by atoms with Crippen molar-refractivity contribution < 1.29 is 4.39 Å². The lowest BCUT2D eigenvalue weighted by molar-refractivity contribution is 0.598. The van der Waals surface area contributed by atoms with Gasteiger partial charge in [0.1, 0.15) is 5.82 Å². The average Bonchev–Trinajstić information content (AvgIpc) is 2.18. The molecule has 0 aliphatic rings. The van der Waals surface area contributed by atoms with Crippen molar-refractivity contribution in [2.75, 3.05) is 0 Å². The molecule has 0 spiro atoms. The van der Waals surface area contributed by atoms with Crippen LogP contribution >= 0.6 is 27.5 Å². The Hall–Kier alpha value is -0.0800. The minimum atomic E-state index is -0.299. The second kappa shape index (κ2) is 5.72. The van der Waals surface area contributed by atoms with Crippen molar-refractivity contribution in [1.82, 2.24) is 0 Å². The van der Waals surface area contributed by atoms with Crippen LogP contribution in [0.15, 0.2) is 18.2 Å². The van der Waals surface area contributed by atoms with Crippen LogP contribution in [0.1, 0.15) is 36.6 Å². The third-order valence-electron chi connectivity index (χ3n) is 2.13. The minimum Gasteiger partial charge on any atom is -0.205 e. The van der Waals surface area contributed by atoms with Gasteiger partial charge in [-0.25, -0.2) is 4.39 Å². The summed E-state index contributed by atoms with van der Waals surface area (Å²) >= 11 is 9.17. The van der Waals surface area contributed by atoms with Crippen LogP contribution in [-0.4, -0.2) is 0 Å². The van der Waals surface area contributed by atoms with Gasteiger partial charge in [0.2, 0.25) is 0 Å². The van der Waals surface area contributed by atoms with Gasteiger partial charge in [0.25, 0.3) is 0 Å². The van der Waals surface area contributed by atoms with Crippen molar-refractivity contribution in [3.63, 3.8) is 0 Å². The van der Waals surface area contributed by atoms with Crippen LogP contribution in [0.2, 0.25) is 5.02 Å². The maximum Gasteiger partial charge on any atom is 0.146 e. The Morgan fingerprint density at radius 3 is 2.86 bits per heavy atom. The third-order valence-corrected chi connectivity index (χ3v) is 3.37. The number of benzene rings is 1. The summed E-state index contributed by atoms with van der Waals surface area (Å²) in [6, 6.07) is 5.12. The molecule has 0 saturated carbocycles. The van der Waals surface area contributed by atoms with Crippen molar-refractivity contribution in [1.29, 1.82) is 0 Å². The summed E-state index contributed by atoms with van der Waals surface area (Å²) in [6.45, 7) is 2.12. The van der Waals surface area contributed by atoms with Gasteiger partial charge in [-0.1, -0.05) is 59.4 Å². The van der Waals surface area contributed by atoms with E-state index < -0.39 is 0 Å². The zero-order valence-corrected chi connectivity index (χ0v) is 10.4. The highest BCUT2D eigenvalue weighted by molar-refractivity contribution is 9.09. The smallest absolute Gasteiger partial charge is 0.146 e. The number of hydrogen-bond donors (Lipinski definition) is 0. The summed E-state index contributed by atoms with van der Waals surface area (Å²) < 4.78 is 13.5. The van der Waals surface area contributed by atoms with E-state index in [9.17, 15) is 4.39 Å². The van der Waals surface area contributed by atoms with Crippen LogP contribution in [0.25, 0.3) is 0 Å². The lowest BCUT2D eigenvalue weighted by atomic mass is 10.1. The molecule has 0 nitrogen and oxygen atoms in total. The van der Waals surface area contributed by atoms with Crippen molar-refractivity contribution in [2.45, 2.75) is 31.0 Å². The molecule has 0 fully saturated rings. The molecule has 0 aromatic heterocycles. The van der Waals surface area contributed by atoms with Crippen molar-refractivity contribution in [2.24, 2.45) is 0 Å². The summed E-state index contributed by atoms with van der Waals surface area (Å²) in [5.74, 6) is -0.299. The molecular formula is C11H13BrClF. The molecule has 3 heteroatoms. The Bertz CT molecular complexity index is 301. The Balaban J connectivity index is 2.79. The fraction of sp³-hybridized carbons (Fsp3) is 0.455. The maximum atomic E-state index is 13.5. The highest BCUT2D eigenvalue weighted by Gasteiger charge is 2.13. The molecule has 0 heterocycles. The Morgan fingerprint density at radius 1 is 1.50 bits per heavy atom. The number of hydrogen-bond acceptors (Lipinski definition) is 0. The van der Waals surface area contributed by atoms with Gasteiger partial charge in [-0.05, 0) is 12.5 Å². The highest BCUT2D eigenvalue weighted by Crippen LogP contribution is 2.32. The fourth-order valence-corrected chi connectivity index (χ4v) is 2.16. The van der Waals surface area contributed by atoms with Crippen LogP contribution in [0.3, 0.4) is 0 Å². The van der Waals surface area contributed by atoms with E-state index in [2.05, 4.69) is 22.9 Å². The number of halogens is 3. The maximum absolute atomic E-state index is 13.5. The lowest BCUT2D eigenvalue weighted by Crippen LogP contribution is -1.95. The number of unbranched alkanes of at least 4 members (excludes halogenated alkanes) is 1. The van der Waals surface area contributed by atoms with Gasteiger partial charge in [-0.15, -0.1) is 0 Å². The first-order valence-electron chi connectivity index (χ1n) is 4.74. The van der Waals surface area contributed by atoms with Crippen LogP contribution in [-0.2, 0) is 0 Å². The van der Waals surface area contributed by atoms with Gasteiger partial charge < -0.3 is 0 Å². The Labute approximate surface area is 97.6 Å². The molecule has 1 aromatic carbocycles. The fourth-order valence-electron chi connectivity index (χ4n) is 1.30. The summed E-state index contributed by atoms with van der Waals surface area (Å²) in [4.78, 5) is 0.0705. The molecule has 78 valence electrons. The van der Waals surface area contributed by atoms with Crippen molar-refractivity contribution >= 4 is 27.5 Å². The van der Waals surface area contributed by atoms with Crippen LogP contribution in [0, 0.1) is 5.82 Å². The number of rotatable bonds is 4. The van der Waals surface area contributed by atoms with E-state index in [1.54, 1.807) is 18.2 Å². The standard InChI is InChI=1S/C11H13BrClF/c1-2-3-6-9(12)8-5-4-7-10(13)11(8)14/h4-5,7,9H,2-3,6H2,1H3. The third kappa shape index (κ3) is 2.96. The van der Waals surface area contributed by atoms with Gasteiger partial charge in [0.05, 0.1) is 5.02 Å². The van der Waals surface area contributed by atoms with Gasteiger partial charge in [0.15, 0.2) is 0 Å². The average molecular weight is 280 g/mol. The summed E-state index contributed by atoms with van der Waals surface area (Å²) in [5, 5.41) is 0.198. The van der Waals surface area contributed by atoms with E-state index in [-0.39, 0.29) is 15.7 Å². The Kier molecular flexibility index (Phi) is 4.90. The topological polar surface area (TPSA) is 0 Å². The van der Waals surface area contributed by atoms with Crippen molar-refractivity contribution in [3.8, 4) is 0 Å². The quantitative estimate of drug-likeness (QED) is 0.672. The SMILES string of the molecule is CCCCC(Br)c1cccc(Cl)c1F. The van der Waals surface area contributed by atoms with Gasteiger partial charge in [0, 0.05) is 10.4 Å². The van der Waals surface area contributed by atoms with Crippen LogP contribution in [0.5, 0.6) is 0 Å². The highest BCUT2D eigenvalue weighted by atomic mass is 79.9. The van der Waals surface area contributed by atoms with E-state index in [0.29, 0.717) is 5.56 Å². The van der Waals surface area contributed by atoms with Gasteiger partial charge in [-0.2, -0.15) is 0 Å². The predicted octanol–water partition coefficient (Wildman–Crippen LogP) is 5.11. The molecule has 1 rings (SSSR count). The first-order valence-corrected chi connectivity index (χ1v) is 6.04. The summed E-state index contributed by atoms with van der Waals surface area (Å²) in [7, 11) is 0. The summed E-state index contributed by atoms with van der Waals surface area (Å²) in [6.07, 6.45) is 3.14. The normalized spacial score (nSPS) is 12.9. The molecular weight excluding hydrogens is 266 g/mol. The van der Waals surface area contributed by atoms with Crippen LogP contribution < -0.4 is 0 Å². The molecule has 0 saturated heterocycles. The Morgan fingerprint density at radius 2 is 2.21 bits per heavy atom. The second-order valence-electron chi connectivity index (χ2n) is 3.25.